The van der Waals surface area contributed by atoms with Gasteiger partial charge in [-0.05, 0) is 187 Å². The van der Waals surface area contributed by atoms with Crippen molar-refractivity contribution in [2.75, 3.05) is 31.9 Å². The van der Waals surface area contributed by atoms with Crippen LogP contribution in [0.25, 0.3) is 0 Å². The number of nitrogens with one attached hydrogen (secondary N) is 6. The van der Waals surface area contributed by atoms with E-state index in [2.05, 4.69) is 71.4 Å². The molecule has 6 aromatic rings. The van der Waals surface area contributed by atoms with Crippen molar-refractivity contribution in [2.45, 2.75) is 41.5 Å². The number of amides is 6. The van der Waals surface area contributed by atoms with Crippen LogP contribution in [0, 0.1) is 0 Å². The third-order valence-electron chi connectivity index (χ3n) is 11.0. The molecule has 0 spiro atoms. The van der Waals surface area contributed by atoms with Gasteiger partial charge in [0, 0.05) is 67.6 Å². The molecule has 6 N–H and O–H groups in total. The maximum Gasteiger partial charge on any atom is 0.460 e. The Morgan fingerprint density at radius 2 is 0.381 bits per heavy atom. The van der Waals surface area contributed by atoms with Gasteiger partial charge in [-0.25, -0.2) is 0 Å². The Labute approximate surface area is 486 Å². The van der Waals surface area contributed by atoms with E-state index in [4.69, 9.17) is 40.7 Å². The highest BCUT2D eigenvalue weighted by molar-refractivity contribution is 7.79. The topological polar surface area (TPSA) is 267 Å². The van der Waals surface area contributed by atoms with Crippen LogP contribution in [0.15, 0.2) is 232 Å². The van der Waals surface area contributed by atoms with E-state index in [0.717, 1.165) is 0 Å². The molecular weight excluding hydrogens is 1130 g/mol. The van der Waals surface area contributed by atoms with Crippen LogP contribution in [-0.2, 0) is 28.8 Å². The molecule has 1 heterocycles. The molecular formula is C60H60N9O12P3. The van der Waals surface area contributed by atoms with Gasteiger partial charge in [0.05, 0.1) is 0 Å². The summed E-state index contributed by atoms with van der Waals surface area (Å²) in [6, 6.07) is 37.1. The number of benzene rings is 6. The van der Waals surface area contributed by atoms with Crippen molar-refractivity contribution in [1.29, 1.82) is 0 Å². The smallest absolute Gasteiger partial charge is 0.413 e. The van der Waals surface area contributed by atoms with Crippen LogP contribution in [-0.4, -0.2) is 35.4 Å². The first kappa shape index (κ1) is 61.7. The molecule has 0 radical (unpaired) electrons. The molecule has 1 aliphatic rings. The fourth-order valence-corrected chi connectivity index (χ4v) is 15.7. The maximum absolute atomic E-state index is 12.7. The fourth-order valence-electron chi connectivity index (χ4n) is 6.60. The molecule has 1 aliphatic heterocycles. The molecule has 0 saturated heterocycles. The van der Waals surface area contributed by atoms with E-state index in [9.17, 15) is 28.8 Å². The van der Waals surface area contributed by atoms with E-state index in [0.29, 0.717) is 34.1 Å². The molecule has 432 valence electrons. The van der Waals surface area contributed by atoms with Gasteiger partial charge in [0.25, 0.3) is 35.4 Å². The molecule has 0 aliphatic carbocycles. The largest absolute Gasteiger partial charge is 0.460 e. The van der Waals surface area contributed by atoms with Gasteiger partial charge in [-0.1, -0.05) is 53.0 Å². The zero-order chi connectivity index (χ0) is 60.9. The van der Waals surface area contributed by atoms with Gasteiger partial charge >= 0.3 is 23.0 Å². The average Bonchev–Trinajstić information content (AvgIpc) is 3.54. The molecule has 84 heavy (non-hydrogen) atoms. The summed E-state index contributed by atoms with van der Waals surface area (Å²) in [6.45, 7) is 31.7. The van der Waals surface area contributed by atoms with Gasteiger partial charge in [0.15, 0.2) is 0 Å². The van der Waals surface area contributed by atoms with E-state index in [1.165, 1.54) is 72.8 Å². The molecule has 0 aromatic heterocycles. The number of rotatable bonds is 24. The molecule has 0 bridgehead atoms. The first-order valence-corrected chi connectivity index (χ1v) is 29.9. The second-order valence-corrected chi connectivity index (χ2v) is 25.0. The Bertz CT molecular complexity index is 3180. The average molecular weight is 1190 g/mol. The number of nitrogens with zero attached hydrogens (tertiary/aromatic N) is 3. The number of carbonyl (C=O) groups excluding carboxylic acids is 6. The Morgan fingerprint density at radius 1 is 0.262 bits per heavy atom. The van der Waals surface area contributed by atoms with Crippen LogP contribution >= 0.6 is 23.0 Å². The van der Waals surface area contributed by atoms with Crippen molar-refractivity contribution >= 4 is 92.5 Å². The number of hydrogen-bond donors (Lipinski definition) is 6. The third-order valence-corrected chi connectivity index (χ3v) is 19.1. The molecule has 6 aromatic carbocycles. The summed E-state index contributed by atoms with van der Waals surface area (Å²) < 4.78 is 57.6. The summed E-state index contributed by atoms with van der Waals surface area (Å²) >= 11 is 0. The normalized spacial score (nSPS) is 13.1. The molecule has 0 saturated carbocycles. The quantitative estimate of drug-likeness (QED) is 0.0244. The van der Waals surface area contributed by atoms with Crippen LogP contribution in [0.3, 0.4) is 0 Å². The highest BCUT2D eigenvalue weighted by Gasteiger charge is 2.49. The first-order chi connectivity index (χ1) is 39.8. The first-order valence-electron chi connectivity index (χ1n) is 25.3. The second-order valence-electron chi connectivity index (χ2n) is 18.8. The summed E-state index contributed by atoms with van der Waals surface area (Å²) in [5.74, 6) is -2.09. The zero-order valence-electron chi connectivity index (χ0n) is 46.7. The van der Waals surface area contributed by atoms with Gasteiger partial charge in [-0.2, -0.15) is 0 Å². The van der Waals surface area contributed by atoms with Gasteiger partial charge < -0.3 is 59.0 Å². The highest BCUT2D eigenvalue weighted by atomic mass is 31.3. The third kappa shape index (κ3) is 17.1. The number of carbonyl (C=O) groups is 6. The van der Waals surface area contributed by atoms with Crippen LogP contribution in [0.2, 0.25) is 0 Å². The van der Waals surface area contributed by atoms with Crippen molar-refractivity contribution in [3.8, 4) is 34.5 Å². The Morgan fingerprint density at radius 3 is 0.488 bits per heavy atom. The van der Waals surface area contributed by atoms with Gasteiger partial charge in [0.1, 0.15) is 34.5 Å². The molecule has 0 fully saturated rings. The monoisotopic (exact) mass is 1190 g/mol. The van der Waals surface area contributed by atoms with Crippen molar-refractivity contribution in [1.82, 2.24) is 0 Å². The molecule has 7 rings (SSSR count). The predicted octanol–water partition coefficient (Wildman–Crippen LogP) is 15.4. The number of hydrogen-bond acceptors (Lipinski definition) is 15. The van der Waals surface area contributed by atoms with Crippen LogP contribution < -0.4 is 59.0 Å². The lowest BCUT2D eigenvalue weighted by Gasteiger charge is -2.33. The minimum absolute atomic E-state index is 0.0815. The van der Waals surface area contributed by atoms with Crippen LogP contribution in [0.1, 0.15) is 41.5 Å². The van der Waals surface area contributed by atoms with Crippen LogP contribution in [0.4, 0.5) is 34.1 Å². The zero-order valence-corrected chi connectivity index (χ0v) is 49.4. The van der Waals surface area contributed by atoms with E-state index in [1.54, 1.807) is 114 Å². The predicted molar refractivity (Wildman–Crippen MR) is 331 cm³/mol. The lowest BCUT2D eigenvalue weighted by Crippen LogP contribution is -2.13. The SMILES string of the molecule is C=C(C)C(=O)Nc1ccc(OP2(Oc3ccc(NC(=O)C(=C)C)cc3)=NP(Oc3ccc(NC(=O)C(=C)C)cc3)(Oc3ccc(NC(=O)C(=C)C)cc3)=NP(Oc3ccc(NC(=O)C(=C)C)cc3)(Oc3ccc(NC(=O)C(=C)C)cc3)=N2)cc1. The summed E-state index contributed by atoms with van der Waals surface area (Å²) in [4.78, 5) is 76.4. The Balaban J connectivity index is 1.56. The fraction of sp³-hybridized carbons (Fsp3) is 0.100. The molecule has 0 atom stereocenters. The lowest BCUT2D eigenvalue weighted by molar-refractivity contribution is -0.113. The van der Waals surface area contributed by atoms with Gasteiger partial charge in [-0.15, -0.1) is 0 Å². The summed E-state index contributed by atoms with van der Waals surface area (Å²) in [6.07, 6.45) is 0. The van der Waals surface area contributed by atoms with Gasteiger partial charge in [-0.3, -0.25) is 28.8 Å². The minimum atomic E-state index is -4.61. The summed E-state index contributed by atoms with van der Waals surface area (Å²) in [5, 5.41) is 16.6. The van der Waals surface area contributed by atoms with Crippen molar-refractivity contribution < 1.29 is 55.9 Å². The van der Waals surface area contributed by atoms with E-state index in [1.807, 2.05) is 0 Å². The van der Waals surface area contributed by atoms with Crippen molar-refractivity contribution in [2.24, 2.45) is 13.5 Å². The maximum atomic E-state index is 12.7. The minimum Gasteiger partial charge on any atom is -0.413 e. The van der Waals surface area contributed by atoms with E-state index < -0.39 is 58.4 Å². The summed E-state index contributed by atoms with van der Waals surface area (Å²) in [5.41, 5.74) is 3.83. The van der Waals surface area contributed by atoms with Crippen molar-refractivity contribution in [3.05, 3.63) is 219 Å². The molecule has 24 heteroatoms. The second kappa shape index (κ2) is 26.8. The van der Waals surface area contributed by atoms with E-state index >= 15 is 0 Å². The van der Waals surface area contributed by atoms with Gasteiger partial charge in [0.2, 0.25) is 0 Å². The number of anilines is 6. The van der Waals surface area contributed by atoms with Crippen LogP contribution in [0.5, 0.6) is 34.5 Å². The summed E-state index contributed by atoms with van der Waals surface area (Å²) in [7, 11) is -13.8. The molecule has 6 amide bonds. The Hall–Kier alpha value is -9.93. The molecule has 0 unspecified atom stereocenters. The highest BCUT2D eigenvalue weighted by Crippen LogP contribution is 2.78. The standard InChI is InChI=1S/C60H60N9O12P3/c1-37(2)55(70)61-43-13-25-49(26-14-43)76-82(77-50-27-15-44(16-28-50)62-56(71)38(3)4)67-83(78-51-29-17-45(18-30-51)63-57(72)39(5)6,79-52-31-19-46(20-32-52)64-58(73)40(7)8)69-84(68-82,80-53-33-21-47(22-34-53)65-59(74)41(9)10)81-54-35-23-48(24-36-54)66-60(75)42(11)12/h13-36H,1,3,5,7,9,11H2,2,4,6,8,10,12H3,(H,61,70)(H,62,71)(H,63,72)(H,64,73)(H,65,74)(H,66,75). The molecule has 21 nitrogen and oxygen atoms in total. The van der Waals surface area contributed by atoms with E-state index in [-0.39, 0.29) is 67.9 Å². The Kier molecular flexibility index (Phi) is 19.7. The van der Waals surface area contributed by atoms with Crippen molar-refractivity contribution in [3.63, 3.8) is 0 Å². The lowest BCUT2D eigenvalue weighted by atomic mass is 10.2.